The average Bonchev–Trinajstić information content (AvgIpc) is 0.755. The molecule has 4 saturated heterocycles. The number of thioether (sulfide) groups is 1. The summed E-state index contributed by atoms with van der Waals surface area (Å²) in [5.74, 6) is 8.14. The number of carbonyl (C=O) groups is 6. The zero-order valence-corrected chi connectivity index (χ0v) is 66.4. The van der Waals surface area contributed by atoms with E-state index in [1.54, 1.807) is 76.8 Å². The molecule has 4 aliphatic heterocycles. The van der Waals surface area contributed by atoms with Gasteiger partial charge in [-0.1, -0.05) is 63.1 Å². The van der Waals surface area contributed by atoms with Crippen molar-refractivity contribution in [3.05, 3.63) is 79.6 Å². The molecule has 0 spiro atoms. The van der Waals surface area contributed by atoms with E-state index in [0.717, 1.165) is 18.9 Å². The van der Waals surface area contributed by atoms with Gasteiger partial charge in [0.2, 0.25) is 29.0 Å². The maximum atomic E-state index is 14.6. The summed E-state index contributed by atoms with van der Waals surface area (Å²) >= 11 is 2.74. The number of fused-ring (bicyclic) bond motifs is 2. The molecule has 31 nitrogen and oxygen atoms in total. The zero-order chi connectivity index (χ0) is 79.1. The Bertz CT molecular complexity index is 3790. The third-order valence-electron chi connectivity index (χ3n) is 18.9. The largest absolute Gasteiger partial charge is 0.494 e. The van der Waals surface area contributed by atoms with Gasteiger partial charge in [0.1, 0.15) is 30.2 Å². The summed E-state index contributed by atoms with van der Waals surface area (Å²) < 4.78 is 66.5. The molecule has 8 rings (SSSR count). The number of ether oxygens (including phenoxy) is 11. The molecule has 0 radical (unpaired) electrons. The second kappa shape index (κ2) is 39.8. The standard InChI is InChI=1S/C73H96IN5O26S3/c1-13-79(41(7)82)47-35-98-53(29-43(47)33-80)103-65-62(90)58(78-105-54-30-48(83)67(40(6)99-54)107-68(91)55-36(2)57(74)64(66(95-11)63(55)94-10)104-69-61(89)45(34-81)60(88)39(5)101-69)38(4)100-70(65)102-50-19-16-14-15-17-26-73(93)31-49(84)59(75-71(92)96-12)56(50)46(73)25-28-106-108-72(8,9)32-51(85)77-76-37(3)42-21-23-44(24-22-42)97-27-18-20-52(86)87/h14-15,21-25,38-40,43,45,47-48,50,53-54,58,60-62,65,67,69-70,78,80-81,83,88-90,93H,13,18,20,27-35H2,1-12H3,(H,75,92)(H,77,85)(H,86,87)/b15-14-,46-25+,76-37+/t38?,39?,40?,43?,45?,47?,48?,50-,53?,54?,58?,60?,61?,62?,65?,67?,69?,70?,73-/m0/s1. The molecule has 19 atom stereocenters. The van der Waals surface area contributed by atoms with Gasteiger partial charge in [-0.05, 0) is 132 Å². The van der Waals surface area contributed by atoms with Crippen LogP contribution in [0.1, 0.15) is 115 Å². The number of halogens is 1. The Hall–Kier alpha value is -6.15. The van der Waals surface area contributed by atoms with Crippen molar-refractivity contribution in [3.8, 4) is 46.7 Å². The zero-order valence-electron chi connectivity index (χ0n) is 61.8. The van der Waals surface area contributed by atoms with Crippen molar-refractivity contribution >= 4 is 96.4 Å². The molecule has 35 heteroatoms. The second-order valence-corrected chi connectivity index (χ2v) is 32.3. The minimum atomic E-state index is -2.25. The van der Waals surface area contributed by atoms with E-state index in [0.29, 0.717) is 39.1 Å². The fourth-order valence-electron chi connectivity index (χ4n) is 13.1. The molecule has 11 N–H and O–H groups in total. The Morgan fingerprint density at radius 2 is 1.58 bits per heavy atom. The van der Waals surface area contributed by atoms with E-state index in [1.807, 2.05) is 36.4 Å². The number of alkyl carbamates (subject to hydrolysis) is 1. The molecule has 2 aromatic rings. The highest BCUT2D eigenvalue weighted by Gasteiger charge is 2.52. The number of ketones is 1. The molecular weight excluding hydrogens is 1590 g/mol. The van der Waals surface area contributed by atoms with Crippen LogP contribution in [0, 0.1) is 46.0 Å². The molecule has 108 heavy (non-hydrogen) atoms. The Balaban J connectivity index is 1.02. The van der Waals surface area contributed by atoms with Crippen molar-refractivity contribution in [1.82, 2.24) is 21.1 Å². The SMILES string of the molecule is CCN(C(C)=O)C1COC(OC2C(O[C@H]3C#C/C=C\C#C[C@]4(O)CC(=O)C(NC(=O)OC)=C3/C4=C\CSSC(C)(C)CC(=O)N/N=C(\C)c3ccc(OCCCC(=O)O)cc3)OC(C)C(NOC3CC(O)C(SC(=O)c4c(C)c(I)c(OC5OC(C)C(O)C(CO)C5O)c(OC)c4OC)C(C)O3)C2O)CC1CO. The van der Waals surface area contributed by atoms with Crippen molar-refractivity contribution in [2.75, 3.05) is 60.1 Å². The smallest absolute Gasteiger partial charge is 0.411 e. The third-order valence-corrected chi connectivity index (χ3v) is 24.7. The van der Waals surface area contributed by atoms with E-state index >= 15 is 0 Å². The molecule has 3 amide bonds. The van der Waals surface area contributed by atoms with Crippen LogP contribution in [0.5, 0.6) is 23.0 Å². The van der Waals surface area contributed by atoms with Crippen LogP contribution in [0.3, 0.4) is 0 Å². The average molecular weight is 1680 g/mol. The lowest BCUT2D eigenvalue weighted by Gasteiger charge is -2.47. The number of hydroxylamine groups is 1. The highest BCUT2D eigenvalue weighted by atomic mass is 127. The highest BCUT2D eigenvalue weighted by molar-refractivity contribution is 14.1. The number of carboxylic acid groups (broad SMARTS) is 1. The predicted molar refractivity (Wildman–Crippen MR) is 403 cm³/mol. The van der Waals surface area contributed by atoms with Crippen LogP contribution >= 0.6 is 55.9 Å². The maximum Gasteiger partial charge on any atom is 0.411 e. The van der Waals surface area contributed by atoms with Crippen LogP contribution in [0.15, 0.2) is 64.4 Å². The van der Waals surface area contributed by atoms with Crippen LogP contribution in [0.4, 0.5) is 4.79 Å². The highest BCUT2D eigenvalue weighted by Crippen LogP contribution is 2.50. The van der Waals surface area contributed by atoms with Crippen LogP contribution < -0.4 is 35.2 Å². The summed E-state index contributed by atoms with van der Waals surface area (Å²) in [5.41, 5.74) is 4.38. The van der Waals surface area contributed by atoms with Crippen molar-refractivity contribution in [1.29, 1.82) is 0 Å². The number of aliphatic hydroxyl groups is 7. The minimum absolute atomic E-state index is 0.000782. The van der Waals surface area contributed by atoms with Gasteiger partial charge in [0, 0.05) is 79.2 Å². The molecule has 0 aromatic heterocycles. The molecule has 17 unspecified atom stereocenters. The van der Waals surface area contributed by atoms with Crippen molar-refractivity contribution < 1.29 is 127 Å². The monoisotopic (exact) mass is 1680 g/mol. The number of hydrogen-bond acceptors (Lipinski definition) is 30. The number of likely N-dealkylation sites (N-methyl/N-ethyl adjacent to an activating group) is 1. The Labute approximate surface area is 652 Å². The number of amides is 3. The van der Waals surface area contributed by atoms with Gasteiger partial charge < -0.3 is 97.9 Å². The molecule has 6 aliphatic rings. The van der Waals surface area contributed by atoms with E-state index in [4.69, 9.17) is 62.0 Å². The van der Waals surface area contributed by atoms with Crippen LogP contribution in [0.25, 0.3) is 0 Å². The van der Waals surface area contributed by atoms with Crippen LogP contribution in [-0.4, -0.2) is 254 Å². The van der Waals surface area contributed by atoms with Gasteiger partial charge in [0.15, 0.2) is 41.8 Å². The molecule has 2 aliphatic carbocycles. The van der Waals surface area contributed by atoms with E-state index in [-0.39, 0.29) is 96.8 Å². The Morgan fingerprint density at radius 1 is 0.880 bits per heavy atom. The normalized spacial score (nSPS) is 30.7. The lowest BCUT2D eigenvalue weighted by atomic mass is 9.75. The number of methoxy groups -OCH3 is 3. The van der Waals surface area contributed by atoms with Gasteiger partial charge in [-0.25, -0.2) is 10.2 Å². The van der Waals surface area contributed by atoms with Crippen molar-refractivity contribution in [2.45, 2.75) is 209 Å². The van der Waals surface area contributed by atoms with E-state index in [9.17, 15) is 64.5 Å². The van der Waals surface area contributed by atoms with Gasteiger partial charge in [0.25, 0.3) is 0 Å². The number of carbonyl (C=O) groups excluding carboxylic acids is 5. The Kier molecular flexibility index (Phi) is 32.3. The first-order valence-corrected chi connectivity index (χ1v) is 39.3. The number of hydrogen-bond donors (Lipinski definition) is 11. The summed E-state index contributed by atoms with van der Waals surface area (Å²) in [6.07, 6.45) is -14.4. The first kappa shape index (κ1) is 87.4. The fraction of sp³-hybridized carbons (Fsp3) is 0.603. The van der Waals surface area contributed by atoms with Gasteiger partial charge in [-0.3, -0.25) is 34.1 Å². The summed E-state index contributed by atoms with van der Waals surface area (Å²) in [6.45, 7) is 14.6. The quantitative estimate of drug-likeness (QED) is 0.0125. The number of Topliss-reactive ketones (excluding diaryl/α,β-unsaturated/α-hetero) is 1. The summed E-state index contributed by atoms with van der Waals surface area (Å²) in [6, 6.07) is 5.17. The molecule has 4 fully saturated rings. The van der Waals surface area contributed by atoms with E-state index in [2.05, 4.69) is 45.0 Å². The number of hydrazone groups is 1. The number of rotatable bonds is 31. The third kappa shape index (κ3) is 21.7. The molecule has 594 valence electrons. The minimum Gasteiger partial charge on any atom is -0.494 e. The maximum absolute atomic E-state index is 14.6. The number of aliphatic carboxylic acids is 1. The fourth-order valence-corrected chi connectivity index (χ4v) is 17.3. The number of aliphatic hydroxyl groups excluding tert-OH is 6. The van der Waals surface area contributed by atoms with Gasteiger partial charge in [-0.2, -0.15) is 10.6 Å². The number of benzene rings is 2. The number of nitrogens with zero attached hydrogens (tertiary/aromatic N) is 2. The van der Waals surface area contributed by atoms with Crippen LogP contribution in [-0.2, 0) is 57.2 Å². The first-order valence-electron chi connectivity index (χ1n) is 35.0. The molecule has 4 heterocycles. The molecular formula is C73H96IN5O26S3. The summed E-state index contributed by atoms with van der Waals surface area (Å²) in [4.78, 5) is 87.1. The van der Waals surface area contributed by atoms with E-state index < -0.39 is 162 Å². The van der Waals surface area contributed by atoms with Gasteiger partial charge in [0.05, 0.1) is 116 Å². The number of carboxylic acids is 1. The lowest BCUT2D eigenvalue weighted by Crippen LogP contribution is -2.65. The lowest BCUT2D eigenvalue weighted by molar-refractivity contribution is -0.336. The molecule has 2 bridgehead atoms. The summed E-state index contributed by atoms with van der Waals surface area (Å²) in [7, 11) is 6.37. The number of allylic oxidation sites excluding steroid dienone is 3. The number of nitrogens with one attached hydrogen (secondary N) is 3. The van der Waals surface area contributed by atoms with Crippen LogP contribution in [0.2, 0.25) is 0 Å². The van der Waals surface area contributed by atoms with Gasteiger partial charge >= 0.3 is 12.1 Å². The van der Waals surface area contributed by atoms with Gasteiger partial charge in [-0.15, -0.1) is 0 Å². The molecule has 0 saturated carbocycles. The van der Waals surface area contributed by atoms with Crippen molar-refractivity contribution in [2.24, 2.45) is 16.9 Å². The predicted octanol–water partition coefficient (Wildman–Crippen LogP) is 4.32. The Morgan fingerprint density at radius 3 is 2.23 bits per heavy atom. The summed E-state index contributed by atoms with van der Waals surface area (Å²) in [5, 5.41) is 94.0. The van der Waals surface area contributed by atoms with E-state index in [1.165, 1.54) is 54.9 Å². The first-order chi connectivity index (χ1) is 51.3. The second-order valence-electron chi connectivity index (χ2n) is 27.0. The molecule has 2 aromatic carbocycles. The van der Waals surface area contributed by atoms with Crippen molar-refractivity contribution in [3.63, 3.8) is 0 Å². The topological polar surface area (TPSA) is 427 Å².